The summed E-state index contributed by atoms with van der Waals surface area (Å²) in [6, 6.07) is 28.5. The van der Waals surface area contributed by atoms with Gasteiger partial charge in [0, 0.05) is 41.0 Å². The number of amides is 2. The molecule has 0 aliphatic carbocycles. The summed E-state index contributed by atoms with van der Waals surface area (Å²) in [6.45, 7) is 3.96. The van der Waals surface area contributed by atoms with Crippen LogP contribution in [-0.4, -0.2) is 28.8 Å². The van der Waals surface area contributed by atoms with Crippen LogP contribution in [0, 0.1) is 0 Å². The molecule has 0 bridgehead atoms. The molecule has 0 saturated carbocycles. The van der Waals surface area contributed by atoms with Crippen molar-refractivity contribution in [2.45, 2.75) is 51.7 Å². The van der Waals surface area contributed by atoms with E-state index in [0.717, 1.165) is 21.9 Å². The smallest absolute Gasteiger partial charge is 0.243 e. The highest BCUT2D eigenvalue weighted by atomic mass is 35.5. The maximum absolute atomic E-state index is 14.0. The largest absolute Gasteiger partial charge is 0.352 e. The van der Waals surface area contributed by atoms with Crippen molar-refractivity contribution in [1.29, 1.82) is 0 Å². The lowest BCUT2D eigenvalue weighted by Crippen LogP contribution is -2.51. The zero-order valence-electron chi connectivity index (χ0n) is 21.7. The van der Waals surface area contributed by atoms with Crippen molar-refractivity contribution in [3.63, 3.8) is 0 Å². The number of hydrogen-bond acceptors (Lipinski definition) is 2. The minimum atomic E-state index is -0.729. The van der Waals surface area contributed by atoms with Gasteiger partial charge in [0.1, 0.15) is 6.04 Å². The number of carbonyl (C=O) groups is 2. The first-order valence-corrected chi connectivity index (χ1v) is 13.6. The SMILES string of the molecule is CC(C)NC(=O)[C@H](Cc1ccccc1)N(Cc1c(Cl)cccc1Cl)C(=O)CCc1cccc2ccccc12. The van der Waals surface area contributed by atoms with Crippen molar-refractivity contribution in [2.24, 2.45) is 0 Å². The van der Waals surface area contributed by atoms with Crippen LogP contribution < -0.4 is 5.32 Å². The lowest BCUT2D eigenvalue weighted by molar-refractivity contribution is -0.141. The molecular formula is C32H32Cl2N2O2. The molecule has 4 aromatic rings. The van der Waals surface area contributed by atoms with Crippen molar-refractivity contribution in [3.8, 4) is 0 Å². The average Bonchev–Trinajstić information content (AvgIpc) is 2.91. The van der Waals surface area contributed by atoms with Crippen LogP contribution in [0.15, 0.2) is 91.0 Å². The van der Waals surface area contributed by atoms with E-state index in [-0.39, 0.29) is 30.8 Å². The molecule has 2 amide bonds. The van der Waals surface area contributed by atoms with Crippen LogP contribution in [0.25, 0.3) is 10.8 Å². The van der Waals surface area contributed by atoms with E-state index in [1.54, 1.807) is 23.1 Å². The van der Waals surface area contributed by atoms with Gasteiger partial charge in [-0.3, -0.25) is 9.59 Å². The van der Waals surface area contributed by atoms with Gasteiger partial charge in [-0.25, -0.2) is 0 Å². The number of aryl methyl sites for hydroxylation is 1. The van der Waals surface area contributed by atoms with Gasteiger partial charge in [0.15, 0.2) is 0 Å². The third kappa shape index (κ3) is 6.94. The van der Waals surface area contributed by atoms with E-state index in [2.05, 4.69) is 29.6 Å². The fraction of sp³-hybridized carbons (Fsp3) is 0.250. The molecule has 0 aliphatic heterocycles. The first-order valence-electron chi connectivity index (χ1n) is 12.9. The molecule has 38 heavy (non-hydrogen) atoms. The highest BCUT2D eigenvalue weighted by Gasteiger charge is 2.31. The maximum atomic E-state index is 14.0. The summed E-state index contributed by atoms with van der Waals surface area (Å²) in [5.41, 5.74) is 2.69. The molecule has 0 saturated heterocycles. The summed E-state index contributed by atoms with van der Waals surface area (Å²) in [7, 11) is 0. The van der Waals surface area contributed by atoms with E-state index in [1.807, 2.05) is 62.4 Å². The predicted molar refractivity (Wildman–Crippen MR) is 156 cm³/mol. The molecule has 4 nitrogen and oxygen atoms in total. The average molecular weight is 548 g/mol. The number of hydrogen-bond donors (Lipinski definition) is 1. The second-order valence-corrected chi connectivity index (χ2v) is 10.5. The van der Waals surface area contributed by atoms with E-state index in [0.29, 0.717) is 28.5 Å². The topological polar surface area (TPSA) is 49.4 Å². The first kappa shape index (κ1) is 27.7. The summed E-state index contributed by atoms with van der Waals surface area (Å²) in [6.07, 6.45) is 1.18. The van der Waals surface area contributed by atoms with Gasteiger partial charge in [-0.15, -0.1) is 0 Å². The van der Waals surface area contributed by atoms with E-state index in [1.165, 1.54) is 0 Å². The quantitative estimate of drug-likeness (QED) is 0.228. The van der Waals surface area contributed by atoms with E-state index in [9.17, 15) is 9.59 Å². The zero-order valence-corrected chi connectivity index (χ0v) is 23.2. The molecular weight excluding hydrogens is 515 g/mol. The number of benzene rings is 4. The van der Waals surface area contributed by atoms with Gasteiger partial charge in [0.05, 0.1) is 0 Å². The van der Waals surface area contributed by atoms with E-state index in [4.69, 9.17) is 23.2 Å². The Hall–Kier alpha value is -3.34. The van der Waals surface area contributed by atoms with E-state index < -0.39 is 6.04 Å². The Morgan fingerprint density at radius 2 is 1.45 bits per heavy atom. The molecule has 6 heteroatoms. The molecule has 0 aromatic heterocycles. The monoisotopic (exact) mass is 546 g/mol. The molecule has 0 spiro atoms. The van der Waals surface area contributed by atoms with Gasteiger partial charge >= 0.3 is 0 Å². The lowest BCUT2D eigenvalue weighted by Gasteiger charge is -2.32. The molecule has 196 valence electrons. The van der Waals surface area contributed by atoms with Crippen LogP contribution >= 0.6 is 23.2 Å². The lowest BCUT2D eigenvalue weighted by atomic mass is 9.99. The van der Waals surface area contributed by atoms with Crippen LogP contribution in [-0.2, 0) is 29.0 Å². The normalized spacial score (nSPS) is 11.9. The summed E-state index contributed by atoms with van der Waals surface area (Å²) in [4.78, 5) is 29.1. The maximum Gasteiger partial charge on any atom is 0.243 e. The van der Waals surface area contributed by atoms with Gasteiger partial charge in [0.2, 0.25) is 11.8 Å². The van der Waals surface area contributed by atoms with Crippen molar-refractivity contribution < 1.29 is 9.59 Å². The van der Waals surface area contributed by atoms with Crippen LogP contribution in [0.4, 0.5) is 0 Å². The molecule has 0 fully saturated rings. The minimum absolute atomic E-state index is 0.0719. The number of fused-ring (bicyclic) bond motifs is 1. The van der Waals surface area contributed by atoms with Crippen molar-refractivity contribution in [3.05, 3.63) is 118 Å². The molecule has 0 radical (unpaired) electrons. The van der Waals surface area contributed by atoms with Crippen molar-refractivity contribution in [2.75, 3.05) is 0 Å². The summed E-state index contributed by atoms with van der Waals surface area (Å²) >= 11 is 13.0. The molecule has 0 heterocycles. The summed E-state index contributed by atoms with van der Waals surface area (Å²) < 4.78 is 0. The standard InChI is InChI=1S/C32H32Cl2N2O2/c1-22(2)35-32(38)30(20-23-10-4-3-5-11-23)36(21-27-28(33)16-9-17-29(27)34)31(37)19-18-25-14-8-13-24-12-6-7-15-26(24)25/h3-17,22,30H,18-21H2,1-2H3,(H,35,38)/t30-/m0/s1. The van der Waals surface area contributed by atoms with Gasteiger partial charge in [0.25, 0.3) is 0 Å². The highest BCUT2D eigenvalue weighted by Crippen LogP contribution is 2.28. The summed E-state index contributed by atoms with van der Waals surface area (Å²) in [5.74, 6) is -0.334. The Morgan fingerprint density at radius 1 is 0.816 bits per heavy atom. The molecule has 0 unspecified atom stereocenters. The number of nitrogens with zero attached hydrogens (tertiary/aromatic N) is 1. The molecule has 4 rings (SSSR count). The fourth-order valence-corrected chi connectivity index (χ4v) is 5.20. The second-order valence-electron chi connectivity index (χ2n) is 9.73. The Balaban J connectivity index is 1.68. The van der Waals surface area contributed by atoms with Gasteiger partial charge in [-0.2, -0.15) is 0 Å². The first-order chi connectivity index (χ1) is 18.3. The Labute approximate surface area is 234 Å². The third-order valence-electron chi connectivity index (χ3n) is 6.58. The predicted octanol–water partition coefficient (Wildman–Crippen LogP) is 7.24. The second kappa shape index (κ2) is 12.9. The molecule has 4 aromatic carbocycles. The summed E-state index contributed by atoms with van der Waals surface area (Å²) in [5, 5.41) is 6.20. The van der Waals surface area contributed by atoms with Crippen molar-refractivity contribution in [1.82, 2.24) is 10.2 Å². The molecule has 1 atom stereocenters. The van der Waals surface area contributed by atoms with Gasteiger partial charge in [-0.1, -0.05) is 102 Å². The Kier molecular flexibility index (Phi) is 9.43. The molecule has 0 aliphatic rings. The Morgan fingerprint density at radius 3 is 2.16 bits per heavy atom. The number of halogens is 2. The van der Waals surface area contributed by atoms with Gasteiger partial charge < -0.3 is 10.2 Å². The Bertz CT molecular complexity index is 1380. The fourth-order valence-electron chi connectivity index (χ4n) is 4.68. The van der Waals surface area contributed by atoms with Crippen LogP contribution in [0.2, 0.25) is 10.0 Å². The third-order valence-corrected chi connectivity index (χ3v) is 7.29. The van der Waals surface area contributed by atoms with Crippen LogP contribution in [0.3, 0.4) is 0 Å². The van der Waals surface area contributed by atoms with Crippen LogP contribution in [0.1, 0.15) is 37.0 Å². The number of rotatable bonds is 10. The van der Waals surface area contributed by atoms with Gasteiger partial charge in [-0.05, 0) is 54.3 Å². The highest BCUT2D eigenvalue weighted by molar-refractivity contribution is 6.36. The number of carbonyl (C=O) groups excluding carboxylic acids is 2. The van der Waals surface area contributed by atoms with Crippen LogP contribution in [0.5, 0.6) is 0 Å². The number of nitrogens with one attached hydrogen (secondary N) is 1. The minimum Gasteiger partial charge on any atom is -0.352 e. The zero-order chi connectivity index (χ0) is 27.1. The van der Waals surface area contributed by atoms with Crippen molar-refractivity contribution >= 4 is 45.8 Å². The molecule has 1 N–H and O–H groups in total. The van der Waals surface area contributed by atoms with E-state index >= 15 is 0 Å².